The fraction of sp³-hybridized carbons (Fsp3) is 0.182. The Hall–Kier alpha value is -3.00. The van der Waals surface area contributed by atoms with E-state index in [1.54, 1.807) is 48.2 Å². The van der Waals surface area contributed by atoms with Crippen LogP contribution in [-0.2, 0) is 23.1 Å². The topological polar surface area (TPSA) is 49.4 Å². The average molecular weight is 434 g/mol. The monoisotopic (exact) mass is 434 g/mol. The summed E-state index contributed by atoms with van der Waals surface area (Å²) in [7, 11) is -3.51. The normalized spacial score (nSPS) is 11.4. The lowest BCUT2D eigenvalue weighted by molar-refractivity contribution is 0.566. The van der Waals surface area contributed by atoms with Gasteiger partial charge in [-0.15, -0.1) is 0 Å². The number of hydrogen-bond donors (Lipinski definition) is 1. The molecule has 3 rings (SSSR count). The molecule has 0 aliphatic heterocycles. The van der Waals surface area contributed by atoms with Crippen LogP contribution in [0.3, 0.4) is 0 Å². The first-order valence-corrected chi connectivity index (χ1v) is 11.0. The van der Waals surface area contributed by atoms with Crippen molar-refractivity contribution in [2.75, 3.05) is 15.9 Å². The van der Waals surface area contributed by atoms with E-state index in [-0.39, 0.29) is 18.7 Å². The van der Waals surface area contributed by atoms with Crippen molar-refractivity contribution in [3.05, 3.63) is 94.8 Å². The zero-order chi connectivity index (χ0) is 21.9. The first kappa shape index (κ1) is 21.7. The minimum absolute atomic E-state index is 0.0314. The van der Waals surface area contributed by atoms with Crippen molar-refractivity contribution in [3.8, 4) is 0 Å². The highest BCUT2D eigenvalue weighted by molar-refractivity contribution is 7.92. The maximum Gasteiger partial charge on any atom is 0.229 e. The maximum absolute atomic E-state index is 14.3. The van der Waals surface area contributed by atoms with Gasteiger partial charge in [0.15, 0.2) is 0 Å². The van der Waals surface area contributed by atoms with Gasteiger partial charge in [-0.2, -0.15) is 0 Å². The van der Waals surface area contributed by atoms with Crippen molar-refractivity contribution in [2.45, 2.75) is 20.0 Å². The summed E-state index contributed by atoms with van der Waals surface area (Å²) in [5, 5.41) is 0. The number of benzene rings is 3. The van der Waals surface area contributed by atoms with Gasteiger partial charge >= 0.3 is 0 Å². The van der Waals surface area contributed by atoms with E-state index < -0.39 is 27.5 Å². The molecule has 0 fully saturated rings. The van der Waals surface area contributed by atoms with Gasteiger partial charge in [0.25, 0.3) is 0 Å². The van der Waals surface area contributed by atoms with Gasteiger partial charge < -0.3 is 4.90 Å². The van der Waals surface area contributed by atoms with Crippen LogP contribution in [-0.4, -0.2) is 14.7 Å². The third-order valence-electron chi connectivity index (χ3n) is 4.64. The van der Waals surface area contributed by atoms with E-state index in [1.807, 2.05) is 0 Å². The smallest absolute Gasteiger partial charge is 0.229 e. The van der Waals surface area contributed by atoms with Crippen LogP contribution >= 0.6 is 0 Å². The minimum Gasteiger partial charge on any atom is -0.362 e. The number of nitrogens with one attached hydrogen (secondary N) is 1. The van der Waals surface area contributed by atoms with E-state index in [9.17, 15) is 21.6 Å². The van der Waals surface area contributed by atoms with Crippen molar-refractivity contribution in [1.29, 1.82) is 0 Å². The molecular formula is C22H21F3N2O2S. The molecule has 3 aromatic carbocycles. The maximum atomic E-state index is 14.3. The Bertz CT molecular complexity index is 1170. The zero-order valence-corrected chi connectivity index (χ0v) is 17.3. The molecule has 1 N–H and O–H groups in total. The number of sulfonamides is 1. The molecule has 158 valence electrons. The predicted molar refractivity (Wildman–Crippen MR) is 112 cm³/mol. The lowest BCUT2D eigenvalue weighted by Crippen LogP contribution is -2.24. The van der Waals surface area contributed by atoms with Gasteiger partial charge in [0, 0.05) is 36.0 Å². The van der Waals surface area contributed by atoms with Crippen LogP contribution < -0.4 is 9.62 Å². The molecule has 30 heavy (non-hydrogen) atoms. The van der Waals surface area contributed by atoms with E-state index >= 15 is 0 Å². The van der Waals surface area contributed by atoms with Crippen LogP contribution in [0.25, 0.3) is 0 Å². The third kappa shape index (κ3) is 5.33. The van der Waals surface area contributed by atoms with Crippen molar-refractivity contribution < 1.29 is 21.6 Å². The molecule has 4 nitrogen and oxygen atoms in total. The Labute approximate surface area is 174 Å². The Kier molecular flexibility index (Phi) is 6.36. The number of nitrogens with zero attached hydrogens (tertiary/aromatic N) is 1. The Morgan fingerprint density at radius 3 is 2.17 bits per heavy atom. The molecule has 0 unspecified atom stereocenters. The number of anilines is 2. The molecular weight excluding hydrogens is 413 g/mol. The molecule has 0 aliphatic rings. The first-order chi connectivity index (χ1) is 14.1. The van der Waals surface area contributed by atoms with Crippen LogP contribution in [0.5, 0.6) is 0 Å². The van der Waals surface area contributed by atoms with Crippen molar-refractivity contribution in [2.24, 2.45) is 0 Å². The summed E-state index contributed by atoms with van der Waals surface area (Å²) in [6, 6.07) is 14.5. The van der Waals surface area contributed by atoms with Crippen LogP contribution in [0.15, 0.2) is 60.7 Å². The predicted octanol–water partition coefficient (Wildman–Crippen LogP) is 4.99. The van der Waals surface area contributed by atoms with Gasteiger partial charge in [0.2, 0.25) is 10.0 Å². The molecule has 0 aromatic heterocycles. The standard InChI is InChI=1S/C22H21F3N2O2S/c1-15-21(26-30(2,28)29)8-5-9-22(15)27(13-16-6-3-4-7-19(16)24)14-17-10-11-18(23)12-20(17)25/h3-12,26H,13-14H2,1-2H3. The second kappa shape index (κ2) is 8.79. The molecule has 0 heterocycles. The number of rotatable bonds is 7. The highest BCUT2D eigenvalue weighted by Crippen LogP contribution is 2.30. The van der Waals surface area contributed by atoms with Crippen molar-refractivity contribution in [1.82, 2.24) is 0 Å². The lowest BCUT2D eigenvalue weighted by atomic mass is 10.1. The molecule has 0 atom stereocenters. The van der Waals surface area contributed by atoms with E-state index in [0.29, 0.717) is 22.5 Å². The van der Waals surface area contributed by atoms with Crippen LogP contribution in [0.4, 0.5) is 24.5 Å². The Morgan fingerprint density at radius 2 is 1.53 bits per heavy atom. The largest absolute Gasteiger partial charge is 0.362 e. The third-order valence-corrected chi connectivity index (χ3v) is 5.23. The second-order valence-electron chi connectivity index (χ2n) is 7.01. The van der Waals surface area contributed by atoms with Gasteiger partial charge in [0.05, 0.1) is 11.9 Å². The first-order valence-electron chi connectivity index (χ1n) is 9.14. The fourth-order valence-electron chi connectivity index (χ4n) is 3.19. The van der Waals surface area contributed by atoms with Gasteiger partial charge in [0.1, 0.15) is 17.5 Å². The highest BCUT2D eigenvalue weighted by Gasteiger charge is 2.18. The number of hydrogen-bond acceptors (Lipinski definition) is 3. The number of halogens is 3. The van der Waals surface area contributed by atoms with E-state index in [4.69, 9.17) is 0 Å². The summed E-state index contributed by atoms with van der Waals surface area (Å²) >= 11 is 0. The van der Waals surface area contributed by atoms with Gasteiger partial charge in [-0.25, -0.2) is 21.6 Å². The van der Waals surface area contributed by atoms with Gasteiger partial charge in [-0.1, -0.05) is 30.3 Å². The Balaban J connectivity index is 2.05. The summed E-state index contributed by atoms with van der Waals surface area (Å²) in [6.45, 7) is 1.86. The summed E-state index contributed by atoms with van der Waals surface area (Å²) in [5.74, 6) is -1.81. The molecule has 0 bridgehead atoms. The molecule has 0 aliphatic carbocycles. The van der Waals surface area contributed by atoms with Gasteiger partial charge in [-0.3, -0.25) is 4.72 Å². The van der Waals surface area contributed by atoms with Crippen molar-refractivity contribution in [3.63, 3.8) is 0 Å². The lowest BCUT2D eigenvalue weighted by Gasteiger charge is -2.28. The SMILES string of the molecule is Cc1c(NS(C)(=O)=O)cccc1N(Cc1ccccc1F)Cc1ccc(F)cc1F. The van der Waals surface area contributed by atoms with Crippen LogP contribution in [0.2, 0.25) is 0 Å². The van der Waals surface area contributed by atoms with E-state index in [1.165, 1.54) is 12.1 Å². The summed E-state index contributed by atoms with van der Waals surface area (Å²) < 4.78 is 67.7. The summed E-state index contributed by atoms with van der Waals surface area (Å²) in [4.78, 5) is 1.72. The second-order valence-corrected chi connectivity index (χ2v) is 8.76. The van der Waals surface area contributed by atoms with E-state index in [2.05, 4.69) is 4.72 Å². The molecule has 8 heteroatoms. The highest BCUT2D eigenvalue weighted by atomic mass is 32.2. The molecule has 0 saturated heterocycles. The molecule has 0 saturated carbocycles. The fourth-order valence-corrected chi connectivity index (χ4v) is 3.81. The molecule has 0 radical (unpaired) electrons. The Morgan fingerprint density at radius 1 is 0.867 bits per heavy atom. The summed E-state index contributed by atoms with van der Waals surface area (Å²) in [6.07, 6.45) is 1.05. The molecule has 0 amide bonds. The zero-order valence-electron chi connectivity index (χ0n) is 16.5. The van der Waals surface area contributed by atoms with Crippen molar-refractivity contribution >= 4 is 21.4 Å². The van der Waals surface area contributed by atoms with E-state index in [0.717, 1.165) is 18.4 Å². The van der Waals surface area contributed by atoms with Crippen LogP contribution in [0, 0.1) is 24.4 Å². The molecule has 3 aromatic rings. The quantitative estimate of drug-likeness (QED) is 0.570. The summed E-state index contributed by atoms with van der Waals surface area (Å²) in [5.41, 5.74) is 2.18. The average Bonchev–Trinajstić information content (AvgIpc) is 2.66. The van der Waals surface area contributed by atoms with Crippen LogP contribution in [0.1, 0.15) is 16.7 Å². The minimum atomic E-state index is -3.51. The molecule has 0 spiro atoms. The van der Waals surface area contributed by atoms with Gasteiger partial charge in [-0.05, 0) is 36.8 Å².